The van der Waals surface area contributed by atoms with Crippen molar-refractivity contribution in [3.8, 4) is 0 Å². The lowest BCUT2D eigenvalue weighted by molar-refractivity contribution is 0.0681. The molecule has 0 aliphatic heterocycles. The molecule has 0 aliphatic carbocycles. The topological polar surface area (TPSA) is 67.5 Å². The summed E-state index contributed by atoms with van der Waals surface area (Å²) in [5.74, 6) is -1.11. The third-order valence-electron chi connectivity index (χ3n) is 2.67. The summed E-state index contributed by atoms with van der Waals surface area (Å²) in [4.78, 5) is 14.7. The van der Waals surface area contributed by atoms with E-state index in [1.165, 1.54) is 10.7 Å². The van der Waals surface area contributed by atoms with E-state index in [-0.39, 0.29) is 5.82 Å². The Bertz CT molecular complexity index is 557. The molecule has 0 radical (unpaired) electrons. The third-order valence-corrected chi connectivity index (χ3v) is 2.67. The monoisotopic (exact) mass is 205 g/mol. The van der Waals surface area contributed by atoms with Gasteiger partial charge in [0, 0.05) is 0 Å². The lowest BCUT2D eigenvalue weighted by Crippen LogP contribution is -2.08. The van der Waals surface area contributed by atoms with Crippen LogP contribution in [0, 0.1) is 20.8 Å². The van der Waals surface area contributed by atoms with Crippen LogP contribution in [0.5, 0.6) is 0 Å². The predicted molar refractivity (Wildman–Crippen MR) is 54.2 cm³/mol. The Labute approximate surface area is 86.4 Å². The molecule has 0 saturated carbocycles. The van der Waals surface area contributed by atoms with Crippen LogP contribution in [0.25, 0.3) is 5.52 Å². The Kier molecular flexibility index (Phi) is 1.96. The summed E-state index contributed by atoms with van der Waals surface area (Å²) in [5, 5.41) is 13.1. The molecule has 5 heteroatoms. The van der Waals surface area contributed by atoms with E-state index >= 15 is 0 Å². The van der Waals surface area contributed by atoms with E-state index in [2.05, 4.69) is 10.1 Å². The van der Waals surface area contributed by atoms with E-state index in [4.69, 9.17) is 5.11 Å². The van der Waals surface area contributed by atoms with Gasteiger partial charge in [-0.15, -0.1) is 0 Å². The first-order valence-electron chi connectivity index (χ1n) is 4.57. The van der Waals surface area contributed by atoms with Gasteiger partial charge in [-0.1, -0.05) is 0 Å². The molecule has 0 saturated heterocycles. The van der Waals surface area contributed by atoms with Gasteiger partial charge in [-0.25, -0.2) is 14.3 Å². The van der Waals surface area contributed by atoms with Crippen LogP contribution >= 0.6 is 0 Å². The van der Waals surface area contributed by atoms with Crippen LogP contribution in [0.3, 0.4) is 0 Å². The van der Waals surface area contributed by atoms with Gasteiger partial charge < -0.3 is 5.11 Å². The number of carboxylic acid groups (broad SMARTS) is 1. The third kappa shape index (κ3) is 1.27. The minimum atomic E-state index is -1.06. The standard InChI is InChI=1S/C10H11N3O2/c1-5-6(2)8-4-11-9(10(14)15)13(8)12-7(5)3/h4H,1-3H3,(H,14,15). The van der Waals surface area contributed by atoms with Crippen LogP contribution in [-0.2, 0) is 0 Å². The Morgan fingerprint density at radius 2 is 2.00 bits per heavy atom. The molecule has 0 aliphatic rings. The molecule has 0 atom stereocenters. The normalized spacial score (nSPS) is 10.9. The van der Waals surface area contributed by atoms with Gasteiger partial charge in [-0.3, -0.25) is 0 Å². The molecule has 0 unspecified atom stereocenters. The number of aromatic nitrogens is 3. The molecule has 0 aromatic carbocycles. The molecular formula is C10H11N3O2. The number of hydrogen-bond acceptors (Lipinski definition) is 3. The number of imidazole rings is 1. The average Bonchev–Trinajstić information content (AvgIpc) is 2.58. The van der Waals surface area contributed by atoms with Crippen molar-refractivity contribution in [1.29, 1.82) is 0 Å². The first-order valence-corrected chi connectivity index (χ1v) is 4.57. The van der Waals surface area contributed by atoms with Crippen molar-refractivity contribution >= 4 is 11.5 Å². The van der Waals surface area contributed by atoms with Crippen molar-refractivity contribution in [2.45, 2.75) is 20.8 Å². The van der Waals surface area contributed by atoms with Gasteiger partial charge in [-0.05, 0) is 31.9 Å². The van der Waals surface area contributed by atoms with Crippen molar-refractivity contribution in [2.24, 2.45) is 0 Å². The van der Waals surface area contributed by atoms with Crippen molar-refractivity contribution in [3.05, 3.63) is 28.8 Å². The fourth-order valence-electron chi connectivity index (χ4n) is 1.54. The van der Waals surface area contributed by atoms with Gasteiger partial charge in [0.25, 0.3) is 0 Å². The summed E-state index contributed by atoms with van der Waals surface area (Å²) in [6.07, 6.45) is 1.54. The van der Waals surface area contributed by atoms with Crippen LogP contribution in [-0.4, -0.2) is 25.7 Å². The van der Waals surface area contributed by atoms with E-state index in [1.807, 2.05) is 20.8 Å². The van der Waals surface area contributed by atoms with Gasteiger partial charge >= 0.3 is 5.97 Å². The van der Waals surface area contributed by atoms with Crippen molar-refractivity contribution < 1.29 is 9.90 Å². The van der Waals surface area contributed by atoms with Crippen LogP contribution in [0.2, 0.25) is 0 Å². The minimum absolute atomic E-state index is 0.0452. The summed E-state index contributed by atoms with van der Waals surface area (Å²) in [6.45, 7) is 5.76. The van der Waals surface area contributed by atoms with Crippen molar-refractivity contribution in [1.82, 2.24) is 14.6 Å². The van der Waals surface area contributed by atoms with Gasteiger partial charge in [0.05, 0.1) is 17.4 Å². The second-order valence-corrected chi connectivity index (χ2v) is 3.52. The lowest BCUT2D eigenvalue weighted by Gasteiger charge is -2.06. The molecule has 0 bridgehead atoms. The molecule has 2 rings (SSSR count). The maximum absolute atomic E-state index is 10.9. The summed E-state index contributed by atoms with van der Waals surface area (Å²) >= 11 is 0. The highest BCUT2D eigenvalue weighted by Crippen LogP contribution is 2.17. The second kappa shape index (κ2) is 3.05. The maximum Gasteiger partial charge on any atom is 0.374 e. The summed E-state index contributed by atoms with van der Waals surface area (Å²) in [6, 6.07) is 0. The summed E-state index contributed by atoms with van der Waals surface area (Å²) in [5.41, 5.74) is 3.65. The second-order valence-electron chi connectivity index (χ2n) is 3.52. The predicted octanol–water partition coefficient (Wildman–Crippen LogP) is 1.35. The minimum Gasteiger partial charge on any atom is -0.475 e. The Morgan fingerprint density at radius 3 is 2.60 bits per heavy atom. The number of aryl methyl sites for hydroxylation is 2. The first-order chi connectivity index (χ1) is 7.02. The molecule has 1 N–H and O–H groups in total. The Hall–Kier alpha value is -1.91. The molecule has 0 fully saturated rings. The largest absolute Gasteiger partial charge is 0.475 e. The van der Waals surface area contributed by atoms with Crippen molar-refractivity contribution in [2.75, 3.05) is 0 Å². The van der Waals surface area contributed by atoms with E-state index in [9.17, 15) is 4.79 Å². The molecule has 0 spiro atoms. The fraction of sp³-hybridized carbons (Fsp3) is 0.300. The molecule has 2 aromatic rings. The first kappa shape index (κ1) is 9.64. The number of hydrogen-bond donors (Lipinski definition) is 1. The smallest absolute Gasteiger partial charge is 0.374 e. The summed E-state index contributed by atoms with van der Waals surface area (Å²) in [7, 11) is 0. The molecule has 5 nitrogen and oxygen atoms in total. The van der Waals surface area contributed by atoms with Crippen LogP contribution < -0.4 is 0 Å². The zero-order valence-corrected chi connectivity index (χ0v) is 8.77. The highest BCUT2D eigenvalue weighted by Gasteiger charge is 2.15. The molecule has 2 aromatic heterocycles. The number of carboxylic acids is 1. The van der Waals surface area contributed by atoms with Gasteiger partial charge in [0.1, 0.15) is 0 Å². The van der Waals surface area contributed by atoms with E-state index in [0.29, 0.717) is 0 Å². The molecule has 2 heterocycles. The Balaban J connectivity index is 2.89. The van der Waals surface area contributed by atoms with Gasteiger partial charge in [0.15, 0.2) is 0 Å². The van der Waals surface area contributed by atoms with Crippen LogP contribution in [0.4, 0.5) is 0 Å². The zero-order valence-electron chi connectivity index (χ0n) is 8.77. The van der Waals surface area contributed by atoms with E-state index < -0.39 is 5.97 Å². The van der Waals surface area contributed by atoms with E-state index in [0.717, 1.165) is 22.3 Å². The van der Waals surface area contributed by atoms with Gasteiger partial charge in [0.2, 0.25) is 5.82 Å². The lowest BCUT2D eigenvalue weighted by atomic mass is 10.1. The SMILES string of the molecule is Cc1nn2c(C(=O)O)ncc2c(C)c1C. The molecule has 15 heavy (non-hydrogen) atoms. The van der Waals surface area contributed by atoms with Crippen LogP contribution in [0.15, 0.2) is 6.20 Å². The highest BCUT2D eigenvalue weighted by molar-refractivity contribution is 5.85. The Morgan fingerprint density at radius 1 is 1.33 bits per heavy atom. The number of carbonyl (C=O) groups is 1. The van der Waals surface area contributed by atoms with Crippen molar-refractivity contribution in [3.63, 3.8) is 0 Å². The highest BCUT2D eigenvalue weighted by atomic mass is 16.4. The number of fused-ring (bicyclic) bond motifs is 1. The maximum atomic E-state index is 10.9. The number of rotatable bonds is 1. The molecule has 0 amide bonds. The van der Waals surface area contributed by atoms with Gasteiger partial charge in [-0.2, -0.15) is 5.10 Å². The summed E-state index contributed by atoms with van der Waals surface area (Å²) < 4.78 is 1.38. The quantitative estimate of drug-likeness (QED) is 0.763. The number of nitrogens with zero attached hydrogens (tertiary/aromatic N) is 3. The average molecular weight is 205 g/mol. The zero-order chi connectivity index (χ0) is 11.2. The molecule has 78 valence electrons. The van der Waals surface area contributed by atoms with E-state index in [1.54, 1.807) is 0 Å². The van der Waals surface area contributed by atoms with Crippen LogP contribution in [0.1, 0.15) is 27.4 Å². The molecular weight excluding hydrogens is 194 g/mol. The number of aromatic carboxylic acids is 1. The fourth-order valence-corrected chi connectivity index (χ4v) is 1.54.